The average Bonchev–Trinajstić information content (AvgIpc) is 3.12. The van der Waals surface area contributed by atoms with Crippen LogP contribution in [-0.4, -0.2) is 37.6 Å². The molecule has 0 saturated carbocycles. The maximum Gasteiger partial charge on any atom is 0.222 e. The van der Waals surface area contributed by atoms with Crippen molar-refractivity contribution in [1.82, 2.24) is 10.2 Å². The smallest absolute Gasteiger partial charge is 0.222 e. The molecule has 29 heavy (non-hydrogen) atoms. The fraction of sp³-hybridized carbons (Fsp3) is 0.435. The highest BCUT2D eigenvalue weighted by Gasteiger charge is 2.19. The van der Waals surface area contributed by atoms with Gasteiger partial charge in [-0.2, -0.15) is 0 Å². The number of likely N-dealkylation sites (tertiary alicyclic amines) is 1. The van der Waals surface area contributed by atoms with Crippen molar-refractivity contribution in [2.45, 2.75) is 39.3 Å². The summed E-state index contributed by atoms with van der Waals surface area (Å²) in [5.41, 5.74) is 3.33. The number of rotatable bonds is 10. The van der Waals surface area contributed by atoms with Crippen LogP contribution in [0.3, 0.4) is 0 Å². The summed E-state index contributed by atoms with van der Waals surface area (Å²) >= 11 is 6.47. The van der Waals surface area contributed by atoms with Gasteiger partial charge in [-0.1, -0.05) is 41.4 Å². The van der Waals surface area contributed by atoms with Crippen molar-refractivity contribution in [2.24, 2.45) is 0 Å². The fourth-order valence-electron chi connectivity index (χ4n) is 3.42. The molecule has 6 heteroatoms. The molecule has 0 aliphatic carbocycles. The molecule has 1 N–H and O–H groups in total. The lowest BCUT2D eigenvalue weighted by Crippen LogP contribution is -2.28. The maximum absolute atomic E-state index is 11.6. The highest BCUT2D eigenvalue weighted by Crippen LogP contribution is 2.37. The Kier molecular flexibility index (Phi) is 7.78. The van der Waals surface area contributed by atoms with Gasteiger partial charge in [-0.05, 0) is 49.6 Å². The summed E-state index contributed by atoms with van der Waals surface area (Å²) < 4.78 is 11.4. The molecular formula is C23H29ClN2O3. The number of ether oxygens (including phenoxy) is 2. The number of methoxy groups -OCH3 is 1. The summed E-state index contributed by atoms with van der Waals surface area (Å²) in [6.07, 6.45) is 2.63. The van der Waals surface area contributed by atoms with E-state index in [0.29, 0.717) is 36.1 Å². The van der Waals surface area contributed by atoms with Crippen molar-refractivity contribution in [3.8, 4) is 11.5 Å². The number of nitrogens with one attached hydrogen (secondary N) is 1. The van der Waals surface area contributed by atoms with E-state index in [9.17, 15) is 4.79 Å². The van der Waals surface area contributed by atoms with Crippen molar-refractivity contribution in [3.05, 3.63) is 58.1 Å². The van der Waals surface area contributed by atoms with Gasteiger partial charge < -0.3 is 19.7 Å². The van der Waals surface area contributed by atoms with Gasteiger partial charge >= 0.3 is 0 Å². The molecule has 1 fully saturated rings. The number of nitrogens with zero attached hydrogens (tertiary/aromatic N) is 1. The topological polar surface area (TPSA) is 50.8 Å². The van der Waals surface area contributed by atoms with Crippen LogP contribution in [0.2, 0.25) is 5.02 Å². The second-order valence-corrected chi connectivity index (χ2v) is 7.81. The third kappa shape index (κ3) is 6.12. The van der Waals surface area contributed by atoms with E-state index in [1.54, 1.807) is 7.11 Å². The lowest BCUT2D eigenvalue weighted by atomic mass is 10.1. The summed E-state index contributed by atoms with van der Waals surface area (Å²) in [5, 5.41) is 3.95. The molecule has 1 heterocycles. The Hall–Kier alpha value is -2.24. The van der Waals surface area contributed by atoms with Crippen LogP contribution in [0.5, 0.6) is 11.5 Å². The minimum Gasteiger partial charge on any atom is -0.493 e. The van der Waals surface area contributed by atoms with Crippen LogP contribution in [-0.2, 0) is 17.9 Å². The van der Waals surface area contributed by atoms with Crippen molar-refractivity contribution in [2.75, 3.05) is 26.7 Å². The van der Waals surface area contributed by atoms with E-state index in [0.717, 1.165) is 43.6 Å². The fourth-order valence-corrected chi connectivity index (χ4v) is 3.71. The molecular weight excluding hydrogens is 388 g/mol. The summed E-state index contributed by atoms with van der Waals surface area (Å²) in [5.74, 6) is 1.47. The number of aryl methyl sites for hydroxylation is 1. The largest absolute Gasteiger partial charge is 0.493 e. The SMILES string of the molecule is COc1cc(CNCCCN2CCCC2=O)cc(Cl)c1OCc1ccc(C)cc1. The molecule has 0 aromatic heterocycles. The lowest BCUT2D eigenvalue weighted by Gasteiger charge is -2.16. The molecule has 1 aliphatic rings. The highest BCUT2D eigenvalue weighted by molar-refractivity contribution is 6.32. The third-order valence-electron chi connectivity index (χ3n) is 5.08. The predicted octanol–water partition coefficient (Wildman–Crippen LogP) is 4.34. The Morgan fingerprint density at radius 1 is 1.17 bits per heavy atom. The third-order valence-corrected chi connectivity index (χ3v) is 5.36. The first-order chi connectivity index (χ1) is 14.1. The van der Waals surface area contributed by atoms with Gasteiger partial charge in [-0.3, -0.25) is 4.79 Å². The van der Waals surface area contributed by atoms with Crippen molar-refractivity contribution in [3.63, 3.8) is 0 Å². The minimum atomic E-state index is 0.280. The Bertz CT molecular complexity index is 824. The van der Waals surface area contributed by atoms with E-state index in [-0.39, 0.29) is 5.91 Å². The van der Waals surface area contributed by atoms with E-state index < -0.39 is 0 Å². The van der Waals surface area contributed by atoms with Gasteiger partial charge in [0, 0.05) is 26.1 Å². The van der Waals surface area contributed by atoms with Crippen LogP contribution < -0.4 is 14.8 Å². The first-order valence-electron chi connectivity index (χ1n) is 10.1. The molecule has 0 atom stereocenters. The van der Waals surface area contributed by atoms with E-state index in [2.05, 4.69) is 24.4 Å². The zero-order valence-electron chi connectivity index (χ0n) is 17.2. The summed E-state index contributed by atoms with van der Waals surface area (Å²) in [6, 6.07) is 12.1. The van der Waals surface area contributed by atoms with Gasteiger partial charge in [0.15, 0.2) is 11.5 Å². The van der Waals surface area contributed by atoms with Crippen LogP contribution in [0.15, 0.2) is 36.4 Å². The zero-order valence-corrected chi connectivity index (χ0v) is 17.9. The van der Waals surface area contributed by atoms with E-state index in [1.165, 1.54) is 5.56 Å². The zero-order chi connectivity index (χ0) is 20.6. The van der Waals surface area contributed by atoms with Crippen LogP contribution in [0.4, 0.5) is 0 Å². The first-order valence-corrected chi connectivity index (χ1v) is 10.5. The molecule has 0 unspecified atom stereocenters. The number of carbonyl (C=O) groups excluding carboxylic acids is 1. The summed E-state index contributed by atoms with van der Waals surface area (Å²) in [4.78, 5) is 13.6. The molecule has 2 aromatic carbocycles. The summed E-state index contributed by atoms with van der Waals surface area (Å²) in [6.45, 7) is 5.74. The lowest BCUT2D eigenvalue weighted by molar-refractivity contribution is -0.127. The van der Waals surface area contributed by atoms with Crippen LogP contribution in [0.25, 0.3) is 0 Å². The number of halogens is 1. The van der Waals surface area contributed by atoms with E-state index >= 15 is 0 Å². The highest BCUT2D eigenvalue weighted by atomic mass is 35.5. The van der Waals surface area contributed by atoms with Gasteiger partial charge in [0.05, 0.1) is 12.1 Å². The Morgan fingerprint density at radius 2 is 1.97 bits per heavy atom. The monoisotopic (exact) mass is 416 g/mol. The number of hydrogen-bond donors (Lipinski definition) is 1. The van der Waals surface area contributed by atoms with Crippen LogP contribution in [0.1, 0.15) is 36.0 Å². The Labute approximate surface area is 177 Å². The molecule has 1 aliphatic heterocycles. The van der Waals surface area contributed by atoms with Gasteiger partial charge in [-0.25, -0.2) is 0 Å². The molecule has 156 valence electrons. The molecule has 3 rings (SSSR count). The second-order valence-electron chi connectivity index (χ2n) is 7.40. The molecule has 0 bridgehead atoms. The Balaban J connectivity index is 1.50. The average molecular weight is 417 g/mol. The number of carbonyl (C=O) groups is 1. The molecule has 0 spiro atoms. The normalized spacial score (nSPS) is 13.8. The molecule has 2 aromatic rings. The summed E-state index contributed by atoms with van der Waals surface area (Å²) in [7, 11) is 1.62. The Morgan fingerprint density at radius 3 is 2.66 bits per heavy atom. The molecule has 1 amide bonds. The van der Waals surface area contributed by atoms with Crippen molar-refractivity contribution >= 4 is 17.5 Å². The predicted molar refractivity (Wildman–Crippen MR) is 116 cm³/mol. The van der Waals surface area contributed by atoms with Crippen LogP contribution in [0, 0.1) is 6.92 Å². The minimum absolute atomic E-state index is 0.280. The molecule has 0 radical (unpaired) electrons. The number of benzene rings is 2. The first kappa shape index (κ1) is 21.5. The van der Waals surface area contributed by atoms with E-state index in [4.69, 9.17) is 21.1 Å². The molecule has 1 saturated heterocycles. The number of amides is 1. The second kappa shape index (κ2) is 10.5. The van der Waals surface area contributed by atoms with Crippen molar-refractivity contribution in [1.29, 1.82) is 0 Å². The van der Waals surface area contributed by atoms with Gasteiger partial charge in [0.2, 0.25) is 5.91 Å². The maximum atomic E-state index is 11.6. The molecule has 5 nitrogen and oxygen atoms in total. The number of hydrogen-bond acceptors (Lipinski definition) is 4. The van der Waals surface area contributed by atoms with E-state index in [1.807, 2.05) is 29.2 Å². The van der Waals surface area contributed by atoms with Gasteiger partial charge in [0.25, 0.3) is 0 Å². The standard InChI is InChI=1S/C23H29ClN2O3/c1-17-6-8-18(9-7-17)16-29-23-20(24)13-19(14-21(23)28-2)15-25-10-4-12-26-11-3-5-22(26)27/h6-9,13-14,25H,3-5,10-12,15-16H2,1-2H3. The van der Waals surface area contributed by atoms with Crippen molar-refractivity contribution < 1.29 is 14.3 Å². The van der Waals surface area contributed by atoms with Gasteiger partial charge in [0.1, 0.15) is 6.61 Å². The van der Waals surface area contributed by atoms with Crippen LogP contribution >= 0.6 is 11.6 Å². The van der Waals surface area contributed by atoms with Gasteiger partial charge in [-0.15, -0.1) is 0 Å². The quantitative estimate of drug-likeness (QED) is 0.585.